The number of carboxylic acids is 1. The highest BCUT2D eigenvalue weighted by Crippen LogP contribution is 2.31. The Kier molecular flexibility index (Phi) is 3.29. The number of aryl methyl sites for hydroxylation is 1. The number of carboxylic acid groups (broad SMARTS) is 1. The van der Waals surface area contributed by atoms with Crippen molar-refractivity contribution in [2.24, 2.45) is 0 Å². The molecular formula is C14H11NO4. The van der Waals surface area contributed by atoms with E-state index in [-0.39, 0.29) is 11.3 Å². The smallest absolute Gasteiger partial charge is 0.335 e. The normalized spacial score (nSPS) is 10.2. The summed E-state index contributed by atoms with van der Waals surface area (Å²) in [5.74, 6) is -1.18. The van der Waals surface area contributed by atoms with Crippen molar-refractivity contribution in [3.63, 3.8) is 0 Å². The molecule has 19 heavy (non-hydrogen) atoms. The number of aromatic carboxylic acids is 1. The molecule has 0 aliphatic rings. The fourth-order valence-corrected chi connectivity index (χ4v) is 1.87. The number of carbonyl (C=O) groups is 1. The van der Waals surface area contributed by atoms with E-state index < -0.39 is 10.9 Å². The van der Waals surface area contributed by atoms with Crippen LogP contribution in [-0.2, 0) is 0 Å². The lowest BCUT2D eigenvalue weighted by molar-refractivity contribution is -0.384. The van der Waals surface area contributed by atoms with Gasteiger partial charge in [-0.2, -0.15) is 0 Å². The van der Waals surface area contributed by atoms with Crippen molar-refractivity contribution in [1.29, 1.82) is 0 Å². The lowest BCUT2D eigenvalue weighted by atomic mass is 10.00. The molecule has 2 aromatic carbocycles. The van der Waals surface area contributed by atoms with Crippen LogP contribution < -0.4 is 0 Å². The highest BCUT2D eigenvalue weighted by Gasteiger charge is 2.18. The van der Waals surface area contributed by atoms with E-state index in [1.54, 1.807) is 12.1 Å². The van der Waals surface area contributed by atoms with Crippen molar-refractivity contribution < 1.29 is 14.8 Å². The van der Waals surface area contributed by atoms with E-state index in [4.69, 9.17) is 5.11 Å². The van der Waals surface area contributed by atoms with Gasteiger partial charge in [-0.15, -0.1) is 0 Å². The zero-order valence-electron chi connectivity index (χ0n) is 10.2. The number of rotatable bonds is 3. The molecule has 0 atom stereocenters. The van der Waals surface area contributed by atoms with E-state index in [1.807, 2.05) is 19.1 Å². The molecule has 0 unspecified atom stereocenters. The monoisotopic (exact) mass is 257 g/mol. The van der Waals surface area contributed by atoms with Gasteiger partial charge in [0.05, 0.1) is 16.1 Å². The molecule has 0 saturated carbocycles. The predicted molar refractivity (Wildman–Crippen MR) is 70.2 cm³/mol. The second-order valence-corrected chi connectivity index (χ2v) is 4.16. The van der Waals surface area contributed by atoms with Crippen LogP contribution in [0.2, 0.25) is 0 Å². The molecule has 2 aromatic rings. The summed E-state index contributed by atoms with van der Waals surface area (Å²) in [6, 6.07) is 11.2. The molecule has 0 aliphatic carbocycles. The van der Waals surface area contributed by atoms with Gasteiger partial charge in [-0.3, -0.25) is 10.1 Å². The fourth-order valence-electron chi connectivity index (χ4n) is 1.87. The molecule has 0 radical (unpaired) electrons. The van der Waals surface area contributed by atoms with Crippen LogP contribution in [0, 0.1) is 17.0 Å². The Morgan fingerprint density at radius 2 is 1.95 bits per heavy atom. The van der Waals surface area contributed by atoms with E-state index in [9.17, 15) is 14.9 Å². The first-order chi connectivity index (χ1) is 8.99. The van der Waals surface area contributed by atoms with Crippen molar-refractivity contribution >= 4 is 11.7 Å². The van der Waals surface area contributed by atoms with E-state index in [0.29, 0.717) is 11.1 Å². The highest BCUT2D eigenvalue weighted by atomic mass is 16.6. The third-order valence-electron chi connectivity index (χ3n) is 2.77. The Balaban J connectivity index is 2.63. The maximum Gasteiger partial charge on any atom is 0.335 e. The Morgan fingerprint density at radius 1 is 1.21 bits per heavy atom. The summed E-state index contributed by atoms with van der Waals surface area (Å²) in [7, 11) is 0. The van der Waals surface area contributed by atoms with E-state index in [2.05, 4.69) is 0 Å². The Morgan fingerprint density at radius 3 is 2.53 bits per heavy atom. The third kappa shape index (κ3) is 2.60. The standard InChI is InChI=1S/C14H11NO4/c1-9-3-2-4-10(7-9)12-6-5-11(14(16)17)8-13(12)15(18)19/h2-8H,1H3,(H,16,17). The molecule has 1 N–H and O–H groups in total. The van der Waals surface area contributed by atoms with Gasteiger partial charge in [-0.1, -0.05) is 29.8 Å². The molecule has 5 heteroatoms. The molecule has 0 fully saturated rings. The van der Waals surface area contributed by atoms with Gasteiger partial charge in [0.15, 0.2) is 0 Å². The van der Waals surface area contributed by atoms with Gasteiger partial charge < -0.3 is 5.11 Å². The summed E-state index contributed by atoms with van der Waals surface area (Å²) >= 11 is 0. The number of hydrogen-bond acceptors (Lipinski definition) is 3. The molecule has 0 aliphatic heterocycles. The first kappa shape index (κ1) is 12.8. The van der Waals surface area contributed by atoms with Crippen LogP contribution in [0.1, 0.15) is 15.9 Å². The first-order valence-corrected chi connectivity index (χ1v) is 5.58. The molecule has 0 spiro atoms. The van der Waals surface area contributed by atoms with Gasteiger partial charge in [0.2, 0.25) is 0 Å². The maximum absolute atomic E-state index is 11.1. The second kappa shape index (κ2) is 4.89. The summed E-state index contributed by atoms with van der Waals surface area (Å²) in [6.45, 7) is 1.89. The minimum atomic E-state index is -1.18. The zero-order valence-corrected chi connectivity index (χ0v) is 10.2. The van der Waals surface area contributed by atoms with Crippen LogP contribution in [0.15, 0.2) is 42.5 Å². The quantitative estimate of drug-likeness (QED) is 0.675. The number of nitrogens with zero attached hydrogens (tertiary/aromatic N) is 1. The van der Waals surface area contributed by atoms with Crippen LogP contribution in [0.4, 0.5) is 5.69 Å². The van der Waals surface area contributed by atoms with E-state index in [0.717, 1.165) is 11.6 Å². The number of hydrogen-bond donors (Lipinski definition) is 1. The molecule has 96 valence electrons. The van der Waals surface area contributed by atoms with Gasteiger partial charge in [-0.05, 0) is 24.6 Å². The van der Waals surface area contributed by atoms with Crippen LogP contribution in [0.5, 0.6) is 0 Å². The van der Waals surface area contributed by atoms with Crippen molar-refractivity contribution in [1.82, 2.24) is 0 Å². The van der Waals surface area contributed by atoms with Gasteiger partial charge >= 0.3 is 5.97 Å². The summed E-state index contributed by atoms with van der Waals surface area (Å²) < 4.78 is 0. The molecule has 0 aromatic heterocycles. The number of benzene rings is 2. The van der Waals surface area contributed by atoms with Gasteiger partial charge in [-0.25, -0.2) is 4.79 Å². The maximum atomic E-state index is 11.1. The van der Waals surface area contributed by atoms with E-state index >= 15 is 0 Å². The lowest BCUT2D eigenvalue weighted by Crippen LogP contribution is -1.99. The van der Waals surface area contributed by atoms with Crippen LogP contribution in [-0.4, -0.2) is 16.0 Å². The summed E-state index contributed by atoms with van der Waals surface area (Å²) in [5, 5.41) is 19.9. The van der Waals surface area contributed by atoms with Crippen molar-refractivity contribution in [3.05, 3.63) is 63.7 Å². The lowest BCUT2D eigenvalue weighted by Gasteiger charge is -2.05. The SMILES string of the molecule is Cc1cccc(-c2ccc(C(=O)O)cc2[N+](=O)[O-])c1. The Hall–Kier alpha value is -2.69. The third-order valence-corrected chi connectivity index (χ3v) is 2.77. The number of nitro benzene ring substituents is 1. The first-order valence-electron chi connectivity index (χ1n) is 5.58. The average molecular weight is 257 g/mol. The Labute approximate surface area is 109 Å². The van der Waals surface area contributed by atoms with Crippen molar-refractivity contribution in [2.45, 2.75) is 6.92 Å². The number of nitro groups is 1. The fraction of sp³-hybridized carbons (Fsp3) is 0.0714. The Bertz CT molecular complexity index is 664. The summed E-state index contributed by atoms with van der Waals surface area (Å²) in [4.78, 5) is 21.4. The second-order valence-electron chi connectivity index (χ2n) is 4.16. The summed E-state index contributed by atoms with van der Waals surface area (Å²) in [5.41, 5.74) is 1.80. The molecule has 0 saturated heterocycles. The molecule has 0 heterocycles. The highest BCUT2D eigenvalue weighted by molar-refractivity contribution is 5.90. The summed E-state index contributed by atoms with van der Waals surface area (Å²) in [6.07, 6.45) is 0. The molecule has 2 rings (SSSR count). The molecule has 0 amide bonds. The molecule has 0 bridgehead atoms. The van der Waals surface area contributed by atoms with Crippen LogP contribution >= 0.6 is 0 Å². The zero-order chi connectivity index (χ0) is 14.0. The van der Waals surface area contributed by atoms with Crippen LogP contribution in [0.3, 0.4) is 0 Å². The minimum absolute atomic E-state index is 0.0943. The van der Waals surface area contributed by atoms with Gasteiger partial charge in [0, 0.05) is 6.07 Å². The molecular weight excluding hydrogens is 246 g/mol. The minimum Gasteiger partial charge on any atom is -0.478 e. The molecule has 5 nitrogen and oxygen atoms in total. The topological polar surface area (TPSA) is 80.4 Å². The van der Waals surface area contributed by atoms with Gasteiger partial charge in [0.25, 0.3) is 5.69 Å². The van der Waals surface area contributed by atoms with Crippen LogP contribution in [0.25, 0.3) is 11.1 Å². The van der Waals surface area contributed by atoms with Crippen molar-refractivity contribution in [2.75, 3.05) is 0 Å². The predicted octanol–water partition coefficient (Wildman–Crippen LogP) is 3.27. The average Bonchev–Trinajstić information content (AvgIpc) is 2.37. The van der Waals surface area contributed by atoms with E-state index in [1.165, 1.54) is 12.1 Å². The van der Waals surface area contributed by atoms with Gasteiger partial charge in [0.1, 0.15) is 0 Å². The largest absolute Gasteiger partial charge is 0.478 e. The van der Waals surface area contributed by atoms with Crippen molar-refractivity contribution in [3.8, 4) is 11.1 Å².